The summed E-state index contributed by atoms with van der Waals surface area (Å²) in [4.78, 5) is 36.6. The van der Waals surface area contributed by atoms with Crippen molar-refractivity contribution in [1.82, 2.24) is 20.4 Å². The van der Waals surface area contributed by atoms with E-state index in [0.717, 1.165) is 5.69 Å². The lowest BCUT2D eigenvalue weighted by Gasteiger charge is -2.21. The molecule has 1 aliphatic rings. The third kappa shape index (κ3) is 3.37. The van der Waals surface area contributed by atoms with Gasteiger partial charge in [-0.25, -0.2) is 9.48 Å². The van der Waals surface area contributed by atoms with Gasteiger partial charge in [-0.1, -0.05) is 30.3 Å². The van der Waals surface area contributed by atoms with Gasteiger partial charge in [0.25, 0.3) is 11.8 Å². The average Bonchev–Trinajstić information content (AvgIpc) is 3.30. The van der Waals surface area contributed by atoms with Gasteiger partial charge < -0.3 is 15.4 Å². The Balaban J connectivity index is 1.60. The van der Waals surface area contributed by atoms with Crippen molar-refractivity contribution in [2.24, 2.45) is 0 Å². The van der Waals surface area contributed by atoms with E-state index >= 15 is 0 Å². The first-order valence-corrected chi connectivity index (χ1v) is 9.15. The molecule has 9 heteroatoms. The Hall–Kier alpha value is -4.14. The highest BCUT2D eigenvalue weighted by Crippen LogP contribution is 2.27. The number of anilines is 1. The molecule has 3 aromatic rings. The molecule has 9 nitrogen and oxygen atoms in total. The third-order valence-corrected chi connectivity index (χ3v) is 4.88. The number of urea groups is 1. The van der Waals surface area contributed by atoms with Crippen molar-refractivity contribution in [3.05, 3.63) is 72.1 Å². The number of hydrogen-bond donors (Lipinski definition) is 3. The van der Waals surface area contributed by atoms with E-state index in [1.54, 1.807) is 42.1 Å². The summed E-state index contributed by atoms with van der Waals surface area (Å²) in [6.07, 6.45) is 1.63. The predicted molar refractivity (Wildman–Crippen MR) is 109 cm³/mol. The maximum absolute atomic E-state index is 12.9. The monoisotopic (exact) mass is 405 g/mol. The van der Waals surface area contributed by atoms with E-state index in [1.165, 1.54) is 7.11 Å². The quantitative estimate of drug-likeness (QED) is 0.563. The van der Waals surface area contributed by atoms with Gasteiger partial charge in [0, 0.05) is 5.69 Å². The van der Waals surface area contributed by atoms with Crippen LogP contribution in [0.1, 0.15) is 23.0 Å². The lowest BCUT2D eigenvalue weighted by atomic mass is 9.92. The number of nitrogens with one attached hydrogen (secondary N) is 3. The zero-order valence-corrected chi connectivity index (χ0v) is 16.3. The number of methoxy groups -OCH3 is 1. The minimum absolute atomic E-state index is 0.116. The van der Waals surface area contributed by atoms with Gasteiger partial charge in [0.05, 0.1) is 19.0 Å². The van der Waals surface area contributed by atoms with Crippen LogP contribution in [0.4, 0.5) is 10.5 Å². The predicted octanol–water partition coefficient (Wildman–Crippen LogP) is 2.19. The van der Waals surface area contributed by atoms with Crippen LogP contribution in [0.15, 0.2) is 60.8 Å². The van der Waals surface area contributed by atoms with Gasteiger partial charge >= 0.3 is 6.03 Å². The highest BCUT2D eigenvalue weighted by molar-refractivity contribution is 6.08. The van der Waals surface area contributed by atoms with Crippen molar-refractivity contribution < 1.29 is 19.1 Å². The van der Waals surface area contributed by atoms with Crippen molar-refractivity contribution in [3.63, 3.8) is 0 Å². The van der Waals surface area contributed by atoms with E-state index < -0.39 is 23.4 Å². The highest BCUT2D eigenvalue weighted by Gasteiger charge is 2.43. The third-order valence-electron chi connectivity index (χ3n) is 4.88. The molecule has 3 N–H and O–H groups in total. The normalized spacial score (nSPS) is 17.9. The van der Waals surface area contributed by atoms with Crippen LogP contribution in [-0.4, -0.2) is 34.7 Å². The second kappa shape index (κ2) is 7.36. The molecule has 4 amide bonds. The van der Waals surface area contributed by atoms with Gasteiger partial charge in [-0.05, 0) is 36.8 Å². The molecule has 2 heterocycles. The number of ether oxygens (including phenoxy) is 1. The van der Waals surface area contributed by atoms with Gasteiger partial charge in [-0.15, -0.1) is 0 Å². The lowest BCUT2D eigenvalue weighted by Crippen LogP contribution is -2.40. The fraction of sp³-hybridized carbons (Fsp3) is 0.143. The van der Waals surface area contributed by atoms with Crippen LogP contribution >= 0.6 is 0 Å². The largest absolute Gasteiger partial charge is 0.493 e. The number of amides is 4. The smallest absolute Gasteiger partial charge is 0.322 e. The topological polar surface area (TPSA) is 114 Å². The van der Waals surface area contributed by atoms with Crippen LogP contribution < -0.4 is 20.7 Å². The number of carbonyl (C=O) groups is 3. The van der Waals surface area contributed by atoms with Gasteiger partial charge in [-0.2, -0.15) is 5.10 Å². The van der Waals surface area contributed by atoms with Gasteiger partial charge in [0.15, 0.2) is 11.4 Å². The summed E-state index contributed by atoms with van der Waals surface area (Å²) >= 11 is 0. The van der Waals surface area contributed by atoms with E-state index in [9.17, 15) is 14.4 Å². The number of nitrogens with zero attached hydrogens (tertiary/aromatic N) is 2. The van der Waals surface area contributed by atoms with Crippen LogP contribution in [0, 0.1) is 0 Å². The van der Waals surface area contributed by atoms with E-state index in [0.29, 0.717) is 17.0 Å². The van der Waals surface area contributed by atoms with Crippen LogP contribution in [-0.2, 0) is 10.3 Å². The fourth-order valence-corrected chi connectivity index (χ4v) is 3.22. The molecule has 152 valence electrons. The second-order valence-corrected chi connectivity index (χ2v) is 6.89. The summed E-state index contributed by atoms with van der Waals surface area (Å²) in [6, 6.07) is 15.5. The Morgan fingerprint density at radius 2 is 1.90 bits per heavy atom. The molecule has 1 unspecified atom stereocenters. The summed E-state index contributed by atoms with van der Waals surface area (Å²) in [7, 11) is 1.46. The zero-order valence-electron chi connectivity index (χ0n) is 16.3. The van der Waals surface area contributed by atoms with Crippen molar-refractivity contribution in [3.8, 4) is 11.4 Å². The molecule has 2 aromatic carbocycles. The molecule has 1 saturated heterocycles. The molecule has 0 spiro atoms. The molecule has 1 fully saturated rings. The summed E-state index contributed by atoms with van der Waals surface area (Å²) < 4.78 is 6.87. The lowest BCUT2D eigenvalue weighted by molar-refractivity contribution is -0.123. The highest BCUT2D eigenvalue weighted by atomic mass is 16.5. The number of benzene rings is 2. The molecule has 30 heavy (non-hydrogen) atoms. The standard InChI is InChI=1S/C21H19N5O4/c1-21(19(28)23-20(29)24-21)13-7-6-8-14(11-13)22-18(27)17-16(30-2)12-26(25-17)15-9-4-3-5-10-15/h3-12H,1-2H3,(H,22,27)(H2,23,24,28,29). The van der Waals surface area contributed by atoms with Gasteiger partial charge in [0.2, 0.25) is 0 Å². The maximum Gasteiger partial charge on any atom is 0.322 e. The van der Waals surface area contributed by atoms with Crippen molar-refractivity contribution in [1.29, 1.82) is 0 Å². The Kier molecular flexibility index (Phi) is 4.71. The number of para-hydroxylation sites is 1. The minimum atomic E-state index is -1.22. The Morgan fingerprint density at radius 1 is 1.13 bits per heavy atom. The van der Waals surface area contributed by atoms with Gasteiger partial charge in [0.1, 0.15) is 5.54 Å². The molecule has 0 radical (unpaired) electrons. The van der Waals surface area contributed by atoms with E-state index in [1.807, 2.05) is 30.3 Å². The van der Waals surface area contributed by atoms with E-state index in [4.69, 9.17) is 4.74 Å². The first-order valence-electron chi connectivity index (χ1n) is 9.15. The number of hydrogen-bond acceptors (Lipinski definition) is 5. The van der Waals surface area contributed by atoms with Gasteiger partial charge in [-0.3, -0.25) is 14.9 Å². The average molecular weight is 405 g/mol. The Morgan fingerprint density at radius 3 is 2.57 bits per heavy atom. The van der Waals surface area contributed by atoms with Crippen LogP contribution in [0.3, 0.4) is 0 Å². The molecule has 0 saturated carbocycles. The number of aromatic nitrogens is 2. The molecular formula is C21H19N5O4. The Labute approximate surface area is 172 Å². The summed E-state index contributed by atoms with van der Waals surface area (Å²) in [6.45, 7) is 1.60. The number of rotatable bonds is 5. The maximum atomic E-state index is 12.9. The number of imide groups is 1. The van der Waals surface area contributed by atoms with Crippen molar-refractivity contribution >= 4 is 23.5 Å². The molecule has 1 aliphatic heterocycles. The Bertz CT molecular complexity index is 1140. The van der Waals surface area contributed by atoms with Crippen LogP contribution in [0.5, 0.6) is 5.75 Å². The molecule has 4 rings (SSSR count). The SMILES string of the molecule is COc1cn(-c2ccccc2)nc1C(=O)Nc1cccc(C2(C)NC(=O)NC2=O)c1. The summed E-state index contributed by atoms with van der Waals surface area (Å²) in [5.74, 6) is -0.607. The molecular weight excluding hydrogens is 386 g/mol. The first-order chi connectivity index (χ1) is 14.4. The van der Waals surface area contributed by atoms with Crippen molar-refractivity contribution in [2.75, 3.05) is 12.4 Å². The molecule has 0 bridgehead atoms. The van der Waals surface area contributed by atoms with Crippen LogP contribution in [0.2, 0.25) is 0 Å². The number of carbonyl (C=O) groups excluding carboxylic acids is 3. The van der Waals surface area contributed by atoms with Crippen molar-refractivity contribution in [2.45, 2.75) is 12.5 Å². The van der Waals surface area contributed by atoms with Crippen LogP contribution in [0.25, 0.3) is 5.69 Å². The summed E-state index contributed by atoms with van der Waals surface area (Å²) in [5.41, 5.74) is 0.664. The summed E-state index contributed by atoms with van der Waals surface area (Å²) in [5, 5.41) is 11.9. The minimum Gasteiger partial charge on any atom is -0.493 e. The molecule has 1 atom stereocenters. The molecule has 0 aliphatic carbocycles. The zero-order chi connectivity index (χ0) is 21.3. The van der Waals surface area contributed by atoms with E-state index in [-0.39, 0.29) is 5.69 Å². The molecule has 1 aromatic heterocycles. The first kappa shape index (κ1) is 19.2. The fourth-order valence-electron chi connectivity index (χ4n) is 3.22. The van der Waals surface area contributed by atoms with E-state index in [2.05, 4.69) is 21.0 Å². The second-order valence-electron chi connectivity index (χ2n) is 6.89.